The van der Waals surface area contributed by atoms with E-state index < -0.39 is 0 Å². The van der Waals surface area contributed by atoms with Gasteiger partial charge in [0.2, 0.25) is 0 Å². The summed E-state index contributed by atoms with van der Waals surface area (Å²) in [5.74, 6) is 0.849. The quantitative estimate of drug-likeness (QED) is 0.673. The Balaban J connectivity index is 2.28. The summed E-state index contributed by atoms with van der Waals surface area (Å²) in [7, 11) is 0. The van der Waals surface area contributed by atoms with E-state index >= 15 is 0 Å². The summed E-state index contributed by atoms with van der Waals surface area (Å²) in [5.41, 5.74) is 6.46. The Kier molecular flexibility index (Phi) is 7.38. The van der Waals surface area contributed by atoms with Gasteiger partial charge >= 0.3 is 0 Å². The summed E-state index contributed by atoms with van der Waals surface area (Å²) >= 11 is 0. The fraction of sp³-hybridized carbons (Fsp3) is 1.00. The van der Waals surface area contributed by atoms with Crippen LogP contribution < -0.4 is 5.73 Å². The first kappa shape index (κ1) is 17.0. The minimum Gasteiger partial charge on any atom is -0.329 e. The molecule has 1 rings (SSSR count). The highest BCUT2D eigenvalue weighted by Gasteiger charge is 2.33. The summed E-state index contributed by atoms with van der Waals surface area (Å²) in [5, 5.41) is 0. The van der Waals surface area contributed by atoms with Crippen molar-refractivity contribution in [3.8, 4) is 0 Å². The number of rotatable bonds is 8. The van der Waals surface area contributed by atoms with E-state index in [1.165, 1.54) is 58.0 Å². The highest BCUT2D eigenvalue weighted by Crippen LogP contribution is 2.34. The van der Waals surface area contributed by atoms with Gasteiger partial charge in [-0.2, -0.15) is 0 Å². The van der Waals surface area contributed by atoms with E-state index in [9.17, 15) is 0 Å². The van der Waals surface area contributed by atoms with Gasteiger partial charge in [0.25, 0.3) is 0 Å². The number of likely N-dealkylation sites (tertiary alicyclic amines) is 1. The molecule has 1 fully saturated rings. The maximum atomic E-state index is 6.01. The fourth-order valence-corrected chi connectivity index (χ4v) is 3.26. The van der Waals surface area contributed by atoms with Crippen LogP contribution in [0.5, 0.6) is 0 Å². The molecule has 1 aliphatic rings. The average molecular weight is 268 g/mol. The van der Waals surface area contributed by atoms with Crippen LogP contribution in [0, 0.1) is 11.3 Å². The lowest BCUT2D eigenvalue weighted by Gasteiger charge is -2.30. The van der Waals surface area contributed by atoms with Gasteiger partial charge in [0.15, 0.2) is 0 Å². The summed E-state index contributed by atoms with van der Waals surface area (Å²) in [4.78, 5) is 2.66. The third-order valence-corrected chi connectivity index (χ3v) is 4.87. The molecule has 1 aliphatic heterocycles. The zero-order valence-corrected chi connectivity index (χ0v) is 13.8. The molecule has 0 amide bonds. The Labute approximate surface area is 121 Å². The molecule has 2 atom stereocenters. The molecule has 0 aromatic carbocycles. The van der Waals surface area contributed by atoms with Crippen molar-refractivity contribution >= 4 is 0 Å². The zero-order chi connectivity index (χ0) is 14.3. The van der Waals surface area contributed by atoms with Crippen molar-refractivity contribution in [1.29, 1.82) is 0 Å². The van der Waals surface area contributed by atoms with Crippen LogP contribution in [-0.2, 0) is 0 Å². The van der Waals surface area contributed by atoms with Crippen LogP contribution in [0.1, 0.15) is 72.6 Å². The van der Waals surface area contributed by atoms with Crippen LogP contribution in [0.3, 0.4) is 0 Å². The molecule has 0 spiro atoms. The second-order valence-electron chi connectivity index (χ2n) is 7.44. The van der Waals surface area contributed by atoms with Crippen LogP contribution in [0.25, 0.3) is 0 Å². The van der Waals surface area contributed by atoms with E-state index in [1.807, 2.05) is 0 Å². The van der Waals surface area contributed by atoms with E-state index in [1.54, 1.807) is 0 Å². The molecular formula is C17H36N2. The Morgan fingerprint density at radius 1 is 1.16 bits per heavy atom. The third kappa shape index (κ3) is 5.83. The SMILES string of the molecule is CCCCCCCC(CN)N1CCC(C(C)(C)C)C1. The topological polar surface area (TPSA) is 29.3 Å². The highest BCUT2D eigenvalue weighted by molar-refractivity contribution is 4.87. The van der Waals surface area contributed by atoms with E-state index in [2.05, 4.69) is 32.6 Å². The molecule has 0 aromatic heterocycles. The fourth-order valence-electron chi connectivity index (χ4n) is 3.26. The maximum Gasteiger partial charge on any atom is 0.0218 e. The number of hydrogen-bond acceptors (Lipinski definition) is 2. The molecule has 0 saturated carbocycles. The van der Waals surface area contributed by atoms with Gasteiger partial charge in [-0.15, -0.1) is 0 Å². The molecule has 0 radical (unpaired) electrons. The molecule has 0 aliphatic carbocycles. The Morgan fingerprint density at radius 2 is 1.84 bits per heavy atom. The first-order valence-electron chi connectivity index (χ1n) is 8.43. The van der Waals surface area contributed by atoms with Gasteiger partial charge in [0.05, 0.1) is 0 Å². The molecule has 2 N–H and O–H groups in total. The molecule has 0 bridgehead atoms. The number of unbranched alkanes of at least 4 members (excludes halogenated alkanes) is 4. The molecular weight excluding hydrogens is 232 g/mol. The smallest absolute Gasteiger partial charge is 0.0218 e. The van der Waals surface area contributed by atoms with Gasteiger partial charge in [-0.1, -0.05) is 59.8 Å². The predicted octanol–water partition coefficient (Wildman–Crippen LogP) is 4.04. The van der Waals surface area contributed by atoms with Gasteiger partial charge in [0, 0.05) is 19.1 Å². The van der Waals surface area contributed by atoms with Crippen molar-refractivity contribution < 1.29 is 0 Å². The molecule has 2 unspecified atom stereocenters. The van der Waals surface area contributed by atoms with E-state index in [0.29, 0.717) is 11.5 Å². The van der Waals surface area contributed by atoms with E-state index in [4.69, 9.17) is 5.73 Å². The van der Waals surface area contributed by atoms with Crippen molar-refractivity contribution in [2.45, 2.75) is 78.7 Å². The van der Waals surface area contributed by atoms with Gasteiger partial charge in [-0.25, -0.2) is 0 Å². The van der Waals surface area contributed by atoms with Crippen molar-refractivity contribution in [3.05, 3.63) is 0 Å². The maximum absolute atomic E-state index is 6.01. The molecule has 1 heterocycles. The number of nitrogens with two attached hydrogens (primary N) is 1. The van der Waals surface area contributed by atoms with Crippen LogP contribution in [0.4, 0.5) is 0 Å². The predicted molar refractivity (Wildman–Crippen MR) is 85.4 cm³/mol. The van der Waals surface area contributed by atoms with Gasteiger partial charge in [-0.3, -0.25) is 4.90 Å². The zero-order valence-electron chi connectivity index (χ0n) is 13.8. The van der Waals surface area contributed by atoms with Gasteiger partial charge < -0.3 is 5.73 Å². The van der Waals surface area contributed by atoms with Crippen molar-refractivity contribution in [2.75, 3.05) is 19.6 Å². The normalized spacial score (nSPS) is 22.9. The molecule has 114 valence electrons. The van der Waals surface area contributed by atoms with Gasteiger partial charge in [-0.05, 0) is 30.7 Å². The van der Waals surface area contributed by atoms with Crippen LogP contribution in [0.15, 0.2) is 0 Å². The first-order chi connectivity index (χ1) is 8.99. The number of hydrogen-bond donors (Lipinski definition) is 1. The van der Waals surface area contributed by atoms with Crippen molar-refractivity contribution in [1.82, 2.24) is 4.90 Å². The Morgan fingerprint density at radius 3 is 2.37 bits per heavy atom. The van der Waals surface area contributed by atoms with E-state index in [0.717, 1.165) is 12.5 Å². The first-order valence-corrected chi connectivity index (χ1v) is 8.43. The van der Waals surface area contributed by atoms with Crippen molar-refractivity contribution in [2.24, 2.45) is 17.1 Å². The lowest BCUT2D eigenvalue weighted by molar-refractivity contribution is 0.188. The largest absolute Gasteiger partial charge is 0.329 e. The summed E-state index contributed by atoms with van der Waals surface area (Å²) < 4.78 is 0. The summed E-state index contributed by atoms with van der Waals surface area (Å²) in [6.45, 7) is 12.8. The lowest BCUT2D eigenvalue weighted by atomic mass is 9.80. The van der Waals surface area contributed by atoms with Crippen molar-refractivity contribution in [3.63, 3.8) is 0 Å². The average Bonchev–Trinajstić information content (AvgIpc) is 2.83. The summed E-state index contributed by atoms with van der Waals surface area (Å²) in [6.07, 6.45) is 9.54. The highest BCUT2D eigenvalue weighted by atomic mass is 15.2. The monoisotopic (exact) mass is 268 g/mol. The Bertz CT molecular complexity index is 232. The van der Waals surface area contributed by atoms with E-state index in [-0.39, 0.29) is 0 Å². The molecule has 1 saturated heterocycles. The van der Waals surface area contributed by atoms with Crippen LogP contribution in [-0.4, -0.2) is 30.6 Å². The molecule has 0 aromatic rings. The second kappa shape index (κ2) is 8.26. The third-order valence-electron chi connectivity index (χ3n) is 4.87. The van der Waals surface area contributed by atoms with Crippen LogP contribution in [0.2, 0.25) is 0 Å². The minimum atomic E-state index is 0.453. The molecule has 2 nitrogen and oxygen atoms in total. The molecule has 19 heavy (non-hydrogen) atoms. The summed E-state index contributed by atoms with van der Waals surface area (Å²) in [6, 6.07) is 0.633. The Hall–Kier alpha value is -0.0800. The lowest BCUT2D eigenvalue weighted by Crippen LogP contribution is -2.40. The van der Waals surface area contributed by atoms with Gasteiger partial charge in [0.1, 0.15) is 0 Å². The number of nitrogens with zero attached hydrogens (tertiary/aromatic N) is 1. The van der Waals surface area contributed by atoms with Crippen LogP contribution >= 0.6 is 0 Å². The molecule has 2 heteroatoms. The second-order valence-corrected chi connectivity index (χ2v) is 7.44. The minimum absolute atomic E-state index is 0.453. The standard InChI is InChI=1S/C17H36N2/c1-5-6-7-8-9-10-16(13-18)19-12-11-15(14-19)17(2,3)4/h15-16H,5-14,18H2,1-4H3.